The number of hydrogen-bond acceptors (Lipinski definition) is 1. The van der Waals surface area contributed by atoms with Gasteiger partial charge in [0.1, 0.15) is 5.75 Å². The van der Waals surface area contributed by atoms with Crippen molar-refractivity contribution in [3.05, 3.63) is 29.3 Å². The van der Waals surface area contributed by atoms with Crippen molar-refractivity contribution >= 4 is 0 Å². The zero-order chi connectivity index (χ0) is 9.84. The first-order valence-electron chi connectivity index (χ1n) is 4.34. The molecule has 1 heteroatoms. The topological polar surface area (TPSA) is 9.23 Å². The number of rotatable bonds is 2. The molecule has 0 atom stereocenters. The minimum Gasteiger partial charge on any atom is -0.496 e. The molecule has 0 aromatic heterocycles. The monoisotopic (exact) mass is 174 g/mol. The molecule has 0 radical (unpaired) electrons. The maximum atomic E-state index is 5.41. The molecule has 0 heterocycles. The van der Waals surface area contributed by atoms with Gasteiger partial charge < -0.3 is 4.74 Å². The van der Waals surface area contributed by atoms with Gasteiger partial charge in [0.2, 0.25) is 0 Å². The van der Waals surface area contributed by atoms with Crippen molar-refractivity contribution in [2.45, 2.75) is 19.8 Å². The zero-order valence-corrected chi connectivity index (χ0v) is 8.29. The van der Waals surface area contributed by atoms with E-state index in [1.54, 1.807) is 7.11 Å². The van der Waals surface area contributed by atoms with Gasteiger partial charge in [-0.05, 0) is 18.1 Å². The van der Waals surface area contributed by atoms with E-state index in [0.717, 1.165) is 16.9 Å². The van der Waals surface area contributed by atoms with E-state index in [2.05, 4.69) is 19.8 Å². The maximum Gasteiger partial charge on any atom is 0.123 e. The third kappa shape index (κ3) is 1.84. The van der Waals surface area contributed by atoms with Crippen LogP contribution in [0.2, 0.25) is 0 Å². The Labute approximate surface area is 79.7 Å². The van der Waals surface area contributed by atoms with Gasteiger partial charge >= 0.3 is 0 Å². The number of benzene rings is 1. The normalized spacial score (nSPS) is 9.77. The molecular weight excluding hydrogens is 160 g/mol. The average Bonchev–Trinajstić information content (AvgIpc) is 2.16. The van der Waals surface area contributed by atoms with E-state index in [1.807, 2.05) is 18.2 Å². The largest absolute Gasteiger partial charge is 0.496 e. The highest BCUT2D eigenvalue weighted by molar-refractivity contribution is 5.49. The Hall–Kier alpha value is -1.42. The Bertz CT molecular complexity index is 331. The van der Waals surface area contributed by atoms with Gasteiger partial charge in [0.05, 0.1) is 7.11 Å². The molecule has 0 aliphatic rings. The molecule has 13 heavy (non-hydrogen) atoms. The lowest BCUT2D eigenvalue weighted by atomic mass is 9.96. The molecule has 1 nitrogen and oxygen atoms in total. The van der Waals surface area contributed by atoms with Crippen LogP contribution in [0, 0.1) is 12.3 Å². The van der Waals surface area contributed by atoms with Crippen LogP contribution in [-0.2, 0) is 0 Å². The fourth-order valence-electron chi connectivity index (χ4n) is 1.44. The summed E-state index contributed by atoms with van der Waals surface area (Å²) in [4.78, 5) is 0. The fourth-order valence-corrected chi connectivity index (χ4v) is 1.44. The van der Waals surface area contributed by atoms with E-state index in [1.165, 1.54) is 0 Å². The fraction of sp³-hybridized carbons (Fsp3) is 0.333. The second kappa shape index (κ2) is 4.00. The summed E-state index contributed by atoms with van der Waals surface area (Å²) < 4.78 is 5.25. The van der Waals surface area contributed by atoms with Crippen LogP contribution in [0.5, 0.6) is 5.75 Å². The molecule has 0 unspecified atom stereocenters. The van der Waals surface area contributed by atoms with Crippen LogP contribution >= 0.6 is 0 Å². The number of ether oxygens (including phenoxy) is 1. The minimum absolute atomic E-state index is 0.391. The van der Waals surface area contributed by atoms with E-state index in [-0.39, 0.29) is 0 Å². The summed E-state index contributed by atoms with van der Waals surface area (Å²) in [7, 11) is 1.67. The Balaban J connectivity index is 3.32. The predicted octanol–water partition coefficient (Wildman–Crippen LogP) is 2.80. The van der Waals surface area contributed by atoms with Gasteiger partial charge in [-0.15, -0.1) is 6.42 Å². The van der Waals surface area contributed by atoms with E-state index in [9.17, 15) is 0 Å². The lowest BCUT2D eigenvalue weighted by molar-refractivity contribution is 0.407. The van der Waals surface area contributed by atoms with Crippen LogP contribution in [0.4, 0.5) is 0 Å². The maximum absolute atomic E-state index is 5.41. The van der Waals surface area contributed by atoms with E-state index >= 15 is 0 Å². The van der Waals surface area contributed by atoms with Gasteiger partial charge in [-0.25, -0.2) is 0 Å². The van der Waals surface area contributed by atoms with Crippen molar-refractivity contribution in [3.8, 4) is 18.1 Å². The standard InChI is InChI=1S/C12H14O/c1-5-10-7-6-8-11(13-4)12(10)9(2)3/h1,6-9H,2-4H3. The van der Waals surface area contributed by atoms with Gasteiger partial charge in [0, 0.05) is 11.1 Å². The summed E-state index contributed by atoms with van der Waals surface area (Å²) in [6.07, 6.45) is 5.41. The van der Waals surface area contributed by atoms with E-state index in [0.29, 0.717) is 5.92 Å². The Morgan fingerprint density at radius 3 is 2.54 bits per heavy atom. The molecule has 68 valence electrons. The zero-order valence-electron chi connectivity index (χ0n) is 8.29. The molecular formula is C12H14O. The second-order valence-electron chi connectivity index (χ2n) is 3.22. The Morgan fingerprint density at radius 2 is 2.08 bits per heavy atom. The number of terminal acetylenes is 1. The summed E-state index contributed by atoms with van der Waals surface area (Å²) in [5, 5.41) is 0. The number of hydrogen-bond donors (Lipinski definition) is 0. The summed E-state index contributed by atoms with van der Waals surface area (Å²) in [5.74, 6) is 3.94. The SMILES string of the molecule is C#Cc1cccc(OC)c1C(C)C. The van der Waals surface area contributed by atoms with Crippen molar-refractivity contribution in [2.75, 3.05) is 7.11 Å². The Kier molecular flexibility index (Phi) is 2.97. The van der Waals surface area contributed by atoms with Crippen molar-refractivity contribution in [1.29, 1.82) is 0 Å². The van der Waals surface area contributed by atoms with Crippen molar-refractivity contribution in [1.82, 2.24) is 0 Å². The predicted molar refractivity (Wildman–Crippen MR) is 55.0 cm³/mol. The first-order valence-corrected chi connectivity index (χ1v) is 4.34. The van der Waals surface area contributed by atoms with E-state index in [4.69, 9.17) is 11.2 Å². The van der Waals surface area contributed by atoms with Gasteiger partial charge in [-0.2, -0.15) is 0 Å². The van der Waals surface area contributed by atoms with Crippen LogP contribution in [0.3, 0.4) is 0 Å². The molecule has 0 bridgehead atoms. The molecule has 0 spiro atoms. The smallest absolute Gasteiger partial charge is 0.123 e. The highest BCUT2D eigenvalue weighted by Crippen LogP contribution is 2.28. The van der Waals surface area contributed by atoms with Gasteiger partial charge in [0.25, 0.3) is 0 Å². The Morgan fingerprint density at radius 1 is 1.38 bits per heavy atom. The quantitative estimate of drug-likeness (QED) is 0.626. The molecule has 0 saturated heterocycles. The molecule has 0 aliphatic carbocycles. The lowest BCUT2D eigenvalue weighted by Crippen LogP contribution is -1.97. The van der Waals surface area contributed by atoms with E-state index < -0.39 is 0 Å². The minimum atomic E-state index is 0.391. The van der Waals surface area contributed by atoms with Crippen LogP contribution in [-0.4, -0.2) is 7.11 Å². The summed E-state index contributed by atoms with van der Waals surface area (Å²) in [5.41, 5.74) is 2.04. The first-order chi connectivity index (χ1) is 6.20. The summed E-state index contributed by atoms with van der Waals surface area (Å²) in [6.45, 7) is 4.22. The third-order valence-corrected chi connectivity index (χ3v) is 2.02. The number of methoxy groups -OCH3 is 1. The molecule has 1 aromatic rings. The van der Waals surface area contributed by atoms with Crippen LogP contribution in [0.25, 0.3) is 0 Å². The summed E-state index contributed by atoms with van der Waals surface area (Å²) in [6, 6.07) is 5.80. The molecule has 0 saturated carbocycles. The van der Waals surface area contributed by atoms with Gasteiger partial charge in [0.15, 0.2) is 0 Å². The average molecular weight is 174 g/mol. The van der Waals surface area contributed by atoms with Crippen molar-refractivity contribution < 1.29 is 4.74 Å². The van der Waals surface area contributed by atoms with Gasteiger partial charge in [-0.1, -0.05) is 25.8 Å². The summed E-state index contributed by atoms with van der Waals surface area (Å²) >= 11 is 0. The molecule has 0 fully saturated rings. The first kappa shape index (κ1) is 9.67. The van der Waals surface area contributed by atoms with Crippen LogP contribution < -0.4 is 4.74 Å². The van der Waals surface area contributed by atoms with Crippen molar-refractivity contribution in [3.63, 3.8) is 0 Å². The highest BCUT2D eigenvalue weighted by atomic mass is 16.5. The molecule has 1 aromatic carbocycles. The highest BCUT2D eigenvalue weighted by Gasteiger charge is 2.10. The van der Waals surface area contributed by atoms with Crippen LogP contribution in [0.1, 0.15) is 30.9 Å². The second-order valence-corrected chi connectivity index (χ2v) is 3.22. The van der Waals surface area contributed by atoms with Crippen LogP contribution in [0.15, 0.2) is 18.2 Å². The molecule has 0 amide bonds. The third-order valence-electron chi connectivity index (χ3n) is 2.02. The van der Waals surface area contributed by atoms with Crippen molar-refractivity contribution in [2.24, 2.45) is 0 Å². The van der Waals surface area contributed by atoms with Gasteiger partial charge in [-0.3, -0.25) is 0 Å². The molecule has 0 aliphatic heterocycles. The lowest BCUT2D eigenvalue weighted by Gasteiger charge is -2.13. The molecule has 0 N–H and O–H groups in total. The molecule has 1 rings (SSSR count).